The number of halogens is 1. The van der Waals surface area contributed by atoms with Crippen molar-refractivity contribution < 1.29 is 9.59 Å². The lowest BCUT2D eigenvalue weighted by Gasteiger charge is -2.26. The van der Waals surface area contributed by atoms with E-state index in [0.717, 1.165) is 16.8 Å². The predicted molar refractivity (Wildman–Crippen MR) is 110 cm³/mol. The van der Waals surface area contributed by atoms with Gasteiger partial charge in [0.05, 0.1) is 6.04 Å². The highest BCUT2D eigenvalue weighted by molar-refractivity contribution is 5.98. The number of carbonyl (C=O) groups excluding carboxylic acids is 2. The summed E-state index contributed by atoms with van der Waals surface area (Å²) >= 11 is 0. The predicted octanol–water partition coefficient (Wildman–Crippen LogP) is 2.88. The number of hydrogen-bond donors (Lipinski definition) is 3. The fourth-order valence-corrected chi connectivity index (χ4v) is 3.21. The second-order valence-electron chi connectivity index (χ2n) is 6.94. The minimum absolute atomic E-state index is 0. The average molecular weight is 388 g/mol. The first-order chi connectivity index (χ1) is 12.4. The SMILES string of the molecule is Cc1ccc(NC(=O)[C@H](C)NC(=O)[C@@H]2Cc3ccccc3CN2)c(C)c1.Cl. The highest BCUT2D eigenvalue weighted by Gasteiger charge is 2.26. The molecule has 2 aromatic carbocycles. The molecule has 2 atom stereocenters. The molecule has 27 heavy (non-hydrogen) atoms. The number of amides is 2. The Hall–Kier alpha value is -2.37. The van der Waals surface area contributed by atoms with E-state index in [1.807, 2.05) is 50.2 Å². The van der Waals surface area contributed by atoms with Gasteiger partial charge in [0.1, 0.15) is 6.04 Å². The number of fused-ring (bicyclic) bond motifs is 1. The van der Waals surface area contributed by atoms with Crippen molar-refractivity contribution in [1.29, 1.82) is 0 Å². The van der Waals surface area contributed by atoms with E-state index in [2.05, 4.69) is 22.0 Å². The third-order valence-corrected chi connectivity index (χ3v) is 4.79. The van der Waals surface area contributed by atoms with E-state index in [-0.39, 0.29) is 30.3 Å². The Kier molecular flexibility index (Phi) is 6.99. The van der Waals surface area contributed by atoms with Gasteiger partial charge in [-0.3, -0.25) is 9.59 Å². The van der Waals surface area contributed by atoms with Crippen molar-refractivity contribution >= 4 is 29.9 Å². The van der Waals surface area contributed by atoms with Crippen molar-refractivity contribution in [2.45, 2.75) is 45.8 Å². The Balaban J connectivity index is 0.00000261. The Labute approximate surface area is 166 Å². The first kappa shape index (κ1) is 20.9. The van der Waals surface area contributed by atoms with E-state index in [9.17, 15) is 9.59 Å². The molecule has 0 aliphatic carbocycles. The Bertz CT molecular complexity index is 838. The molecule has 1 aliphatic rings. The molecule has 144 valence electrons. The van der Waals surface area contributed by atoms with Gasteiger partial charge in [-0.1, -0.05) is 42.0 Å². The number of hydrogen-bond acceptors (Lipinski definition) is 3. The van der Waals surface area contributed by atoms with E-state index in [0.29, 0.717) is 13.0 Å². The second-order valence-corrected chi connectivity index (χ2v) is 6.94. The minimum Gasteiger partial charge on any atom is -0.343 e. The molecule has 1 heterocycles. The first-order valence-corrected chi connectivity index (χ1v) is 8.92. The van der Waals surface area contributed by atoms with Gasteiger partial charge in [-0.25, -0.2) is 0 Å². The number of aryl methyl sites for hydroxylation is 2. The van der Waals surface area contributed by atoms with Gasteiger partial charge in [-0.2, -0.15) is 0 Å². The van der Waals surface area contributed by atoms with E-state index >= 15 is 0 Å². The lowest BCUT2D eigenvalue weighted by atomic mass is 9.95. The molecular weight excluding hydrogens is 362 g/mol. The van der Waals surface area contributed by atoms with Crippen molar-refractivity contribution in [2.75, 3.05) is 5.32 Å². The zero-order valence-corrected chi connectivity index (χ0v) is 16.7. The zero-order chi connectivity index (χ0) is 18.7. The van der Waals surface area contributed by atoms with Crippen LogP contribution in [-0.4, -0.2) is 23.9 Å². The van der Waals surface area contributed by atoms with Crippen LogP contribution in [-0.2, 0) is 22.6 Å². The van der Waals surface area contributed by atoms with Gasteiger partial charge in [0.2, 0.25) is 11.8 Å². The lowest BCUT2D eigenvalue weighted by molar-refractivity contribution is -0.127. The molecule has 0 saturated heterocycles. The Morgan fingerprint density at radius 3 is 2.52 bits per heavy atom. The molecule has 2 aromatic rings. The minimum atomic E-state index is -0.609. The lowest BCUT2D eigenvalue weighted by Crippen LogP contribution is -2.52. The van der Waals surface area contributed by atoms with Gasteiger partial charge < -0.3 is 16.0 Å². The summed E-state index contributed by atoms with van der Waals surface area (Å²) in [5.41, 5.74) is 5.32. The molecule has 3 N–H and O–H groups in total. The second kappa shape index (κ2) is 9.02. The van der Waals surface area contributed by atoms with Gasteiger partial charge in [0.25, 0.3) is 0 Å². The molecule has 5 nitrogen and oxygen atoms in total. The van der Waals surface area contributed by atoms with Crippen LogP contribution in [0.4, 0.5) is 5.69 Å². The molecule has 0 bridgehead atoms. The van der Waals surface area contributed by atoms with E-state index in [1.54, 1.807) is 6.92 Å². The van der Waals surface area contributed by atoms with E-state index < -0.39 is 6.04 Å². The topological polar surface area (TPSA) is 70.2 Å². The van der Waals surface area contributed by atoms with Crippen LogP contribution < -0.4 is 16.0 Å². The fraction of sp³-hybridized carbons (Fsp3) is 0.333. The monoisotopic (exact) mass is 387 g/mol. The number of nitrogens with one attached hydrogen (secondary N) is 3. The smallest absolute Gasteiger partial charge is 0.246 e. The number of rotatable bonds is 4. The molecular formula is C21H26ClN3O2. The standard InChI is InChI=1S/C21H25N3O2.ClH/c1-13-8-9-18(14(2)10-13)24-20(25)15(3)23-21(26)19-11-16-6-4-5-7-17(16)12-22-19;/h4-10,15,19,22H,11-12H2,1-3H3,(H,23,26)(H,24,25);1H/t15-,19-;/m0./s1. The molecule has 0 saturated carbocycles. The summed E-state index contributed by atoms with van der Waals surface area (Å²) in [6, 6.07) is 13.0. The molecule has 3 rings (SSSR count). The van der Waals surface area contributed by atoms with Gasteiger partial charge in [-0.05, 0) is 49.9 Å². The van der Waals surface area contributed by atoms with Crippen molar-refractivity contribution in [2.24, 2.45) is 0 Å². The normalized spacial score (nSPS) is 16.5. The summed E-state index contributed by atoms with van der Waals surface area (Å²) in [6.45, 7) is 6.33. The molecule has 0 radical (unpaired) electrons. The van der Waals surface area contributed by atoms with Crippen LogP contribution in [0.2, 0.25) is 0 Å². The van der Waals surface area contributed by atoms with Crippen molar-refractivity contribution in [1.82, 2.24) is 10.6 Å². The van der Waals surface area contributed by atoms with Gasteiger partial charge >= 0.3 is 0 Å². The average Bonchev–Trinajstić information content (AvgIpc) is 2.63. The summed E-state index contributed by atoms with van der Waals surface area (Å²) in [7, 11) is 0. The maximum atomic E-state index is 12.5. The number of anilines is 1. The summed E-state index contributed by atoms with van der Waals surface area (Å²) in [5.74, 6) is -0.371. The summed E-state index contributed by atoms with van der Waals surface area (Å²) < 4.78 is 0. The molecule has 2 amide bonds. The summed E-state index contributed by atoms with van der Waals surface area (Å²) in [5, 5.41) is 8.95. The number of benzene rings is 2. The van der Waals surface area contributed by atoms with Crippen LogP contribution in [0.15, 0.2) is 42.5 Å². The van der Waals surface area contributed by atoms with Crippen LogP contribution in [0.25, 0.3) is 0 Å². The number of carbonyl (C=O) groups is 2. The van der Waals surface area contributed by atoms with Crippen molar-refractivity contribution in [3.63, 3.8) is 0 Å². The molecule has 0 fully saturated rings. The highest BCUT2D eigenvalue weighted by atomic mass is 35.5. The van der Waals surface area contributed by atoms with Gasteiger partial charge in [-0.15, -0.1) is 12.4 Å². The van der Waals surface area contributed by atoms with Crippen LogP contribution in [0, 0.1) is 13.8 Å². The molecule has 0 unspecified atom stereocenters. The highest BCUT2D eigenvalue weighted by Crippen LogP contribution is 2.17. The van der Waals surface area contributed by atoms with Crippen molar-refractivity contribution in [3.05, 3.63) is 64.7 Å². The summed E-state index contributed by atoms with van der Waals surface area (Å²) in [4.78, 5) is 25.0. The van der Waals surface area contributed by atoms with Crippen molar-refractivity contribution in [3.8, 4) is 0 Å². The van der Waals surface area contributed by atoms with Crippen LogP contribution in [0.5, 0.6) is 0 Å². The molecule has 1 aliphatic heterocycles. The van der Waals surface area contributed by atoms with Crippen LogP contribution in [0.1, 0.15) is 29.2 Å². The Morgan fingerprint density at radius 1 is 1.11 bits per heavy atom. The zero-order valence-electron chi connectivity index (χ0n) is 15.8. The first-order valence-electron chi connectivity index (χ1n) is 8.92. The quantitative estimate of drug-likeness (QED) is 0.755. The van der Waals surface area contributed by atoms with E-state index in [4.69, 9.17) is 0 Å². The fourth-order valence-electron chi connectivity index (χ4n) is 3.21. The Morgan fingerprint density at radius 2 is 1.81 bits per heavy atom. The van der Waals surface area contributed by atoms with Crippen LogP contribution in [0.3, 0.4) is 0 Å². The maximum absolute atomic E-state index is 12.5. The third-order valence-electron chi connectivity index (χ3n) is 4.79. The van der Waals surface area contributed by atoms with Gasteiger partial charge in [0, 0.05) is 12.2 Å². The van der Waals surface area contributed by atoms with Gasteiger partial charge in [0.15, 0.2) is 0 Å². The maximum Gasteiger partial charge on any atom is 0.246 e. The van der Waals surface area contributed by atoms with Crippen LogP contribution >= 0.6 is 12.4 Å². The summed E-state index contributed by atoms with van der Waals surface area (Å²) in [6.07, 6.45) is 0.632. The molecule has 6 heteroatoms. The largest absolute Gasteiger partial charge is 0.343 e. The van der Waals surface area contributed by atoms with E-state index in [1.165, 1.54) is 11.1 Å². The molecule has 0 aromatic heterocycles. The third kappa shape index (κ3) is 5.08. The molecule has 0 spiro atoms.